The van der Waals surface area contributed by atoms with Crippen molar-refractivity contribution in [1.29, 1.82) is 0 Å². The molecule has 0 saturated heterocycles. The van der Waals surface area contributed by atoms with E-state index in [0.717, 1.165) is 44.5 Å². The van der Waals surface area contributed by atoms with Crippen molar-refractivity contribution >= 4 is 10.9 Å². The number of para-hydroxylation sites is 1. The quantitative estimate of drug-likeness (QED) is 0.192. The van der Waals surface area contributed by atoms with Crippen molar-refractivity contribution in [1.82, 2.24) is 29.7 Å². The summed E-state index contributed by atoms with van der Waals surface area (Å²) in [6.07, 6.45) is 3.60. The van der Waals surface area contributed by atoms with E-state index in [0.29, 0.717) is 17.5 Å². The second-order valence-corrected chi connectivity index (χ2v) is 12.7. The fourth-order valence-corrected chi connectivity index (χ4v) is 6.95. The van der Waals surface area contributed by atoms with Crippen LogP contribution in [0, 0.1) is 0 Å². The van der Waals surface area contributed by atoms with Gasteiger partial charge < -0.3 is 0 Å². The Hall–Kier alpha value is -6.27. The zero-order valence-electron chi connectivity index (χ0n) is 26.5. The van der Waals surface area contributed by atoms with Crippen LogP contribution in [0.25, 0.3) is 73.1 Å². The molecule has 0 N–H and O–H groups in total. The standard InChI is InChI=1S/C42H30N6/c1-42(2)35-19-17-29(38-32-15-9-10-16-37(32)48(47-38)31-21-23-43-24-22-31)25-33(35)34-26-30(18-20-36(34)42)41-45-39(27-11-5-3-6-12-27)44-40(46-41)28-13-7-4-8-14-28/h3-26H,1-2H3. The number of benzene rings is 5. The predicted molar refractivity (Wildman–Crippen MR) is 192 cm³/mol. The molecule has 0 amide bonds. The highest BCUT2D eigenvalue weighted by Crippen LogP contribution is 2.50. The number of rotatable bonds is 5. The van der Waals surface area contributed by atoms with Gasteiger partial charge in [-0.05, 0) is 52.6 Å². The molecule has 3 aromatic heterocycles. The van der Waals surface area contributed by atoms with Crippen LogP contribution < -0.4 is 0 Å². The Bertz CT molecular complexity index is 2410. The fourth-order valence-electron chi connectivity index (χ4n) is 6.95. The number of nitrogens with zero attached hydrogens (tertiary/aromatic N) is 6. The number of fused-ring (bicyclic) bond motifs is 4. The van der Waals surface area contributed by atoms with E-state index in [-0.39, 0.29) is 5.41 Å². The molecule has 228 valence electrons. The Balaban J connectivity index is 1.20. The van der Waals surface area contributed by atoms with Crippen molar-refractivity contribution in [2.45, 2.75) is 19.3 Å². The van der Waals surface area contributed by atoms with E-state index in [1.165, 1.54) is 22.3 Å². The van der Waals surface area contributed by atoms with Crippen molar-refractivity contribution in [3.63, 3.8) is 0 Å². The summed E-state index contributed by atoms with van der Waals surface area (Å²) in [7, 11) is 0. The molecule has 0 atom stereocenters. The van der Waals surface area contributed by atoms with E-state index >= 15 is 0 Å². The summed E-state index contributed by atoms with van der Waals surface area (Å²) >= 11 is 0. The molecule has 1 aliphatic carbocycles. The van der Waals surface area contributed by atoms with Crippen LogP contribution >= 0.6 is 0 Å². The minimum absolute atomic E-state index is 0.163. The van der Waals surface area contributed by atoms with Crippen molar-refractivity contribution in [2.24, 2.45) is 0 Å². The molecule has 48 heavy (non-hydrogen) atoms. The van der Waals surface area contributed by atoms with Gasteiger partial charge in [0, 0.05) is 45.4 Å². The summed E-state index contributed by atoms with van der Waals surface area (Å²) < 4.78 is 2.00. The summed E-state index contributed by atoms with van der Waals surface area (Å²) in [6.45, 7) is 4.60. The van der Waals surface area contributed by atoms with E-state index in [1.807, 2.05) is 77.5 Å². The first-order valence-electron chi connectivity index (χ1n) is 16.1. The number of pyridine rings is 1. The van der Waals surface area contributed by atoms with Gasteiger partial charge >= 0.3 is 0 Å². The lowest BCUT2D eigenvalue weighted by molar-refractivity contribution is 0.660. The Labute approximate surface area is 278 Å². The third-order valence-electron chi connectivity index (χ3n) is 9.40. The van der Waals surface area contributed by atoms with Crippen LogP contribution in [0.3, 0.4) is 0 Å². The van der Waals surface area contributed by atoms with Crippen LogP contribution in [0.4, 0.5) is 0 Å². The summed E-state index contributed by atoms with van der Waals surface area (Å²) in [5.41, 5.74) is 11.7. The van der Waals surface area contributed by atoms with Gasteiger partial charge in [0.15, 0.2) is 17.5 Å². The third-order valence-corrected chi connectivity index (χ3v) is 9.40. The second-order valence-electron chi connectivity index (χ2n) is 12.7. The van der Waals surface area contributed by atoms with E-state index < -0.39 is 0 Å². The highest BCUT2D eigenvalue weighted by atomic mass is 15.3. The molecular formula is C42H30N6. The van der Waals surface area contributed by atoms with Gasteiger partial charge in [-0.3, -0.25) is 4.98 Å². The fraction of sp³-hybridized carbons (Fsp3) is 0.0714. The maximum atomic E-state index is 5.15. The molecule has 0 radical (unpaired) electrons. The average Bonchev–Trinajstić information content (AvgIpc) is 3.65. The SMILES string of the molecule is CC1(C)c2ccc(-c3nc(-c4ccccc4)nc(-c4ccccc4)n3)cc2-c2cc(-c3nn(-c4ccncc4)c4ccccc34)ccc21. The first kappa shape index (κ1) is 28.0. The molecule has 0 aliphatic heterocycles. The van der Waals surface area contributed by atoms with E-state index in [4.69, 9.17) is 20.1 Å². The molecule has 3 heterocycles. The van der Waals surface area contributed by atoms with Gasteiger partial charge in [0.1, 0.15) is 5.69 Å². The molecule has 0 spiro atoms. The van der Waals surface area contributed by atoms with Crippen molar-refractivity contribution < 1.29 is 0 Å². The molecular weight excluding hydrogens is 589 g/mol. The maximum Gasteiger partial charge on any atom is 0.164 e. The van der Waals surface area contributed by atoms with Crippen molar-refractivity contribution in [2.75, 3.05) is 0 Å². The predicted octanol–water partition coefficient (Wildman–Crippen LogP) is 9.58. The molecule has 0 saturated carbocycles. The van der Waals surface area contributed by atoms with Crippen LogP contribution in [0.5, 0.6) is 0 Å². The van der Waals surface area contributed by atoms with E-state index in [2.05, 4.69) is 79.5 Å². The summed E-state index contributed by atoms with van der Waals surface area (Å²) in [5, 5.41) is 6.26. The Morgan fingerprint density at radius 2 is 1.02 bits per heavy atom. The first-order valence-corrected chi connectivity index (χ1v) is 16.1. The Kier molecular flexibility index (Phi) is 6.37. The van der Waals surface area contributed by atoms with Gasteiger partial charge in [-0.15, -0.1) is 0 Å². The first-order chi connectivity index (χ1) is 23.5. The lowest BCUT2D eigenvalue weighted by atomic mass is 9.82. The van der Waals surface area contributed by atoms with Crippen LogP contribution in [-0.2, 0) is 5.41 Å². The van der Waals surface area contributed by atoms with Crippen LogP contribution in [0.1, 0.15) is 25.0 Å². The van der Waals surface area contributed by atoms with Crippen molar-refractivity contribution in [3.8, 4) is 62.2 Å². The molecule has 0 unspecified atom stereocenters. The van der Waals surface area contributed by atoms with Crippen LogP contribution in [0.2, 0.25) is 0 Å². The van der Waals surface area contributed by atoms with Crippen molar-refractivity contribution in [3.05, 3.63) is 157 Å². The molecule has 9 rings (SSSR count). The molecule has 6 nitrogen and oxygen atoms in total. The number of hydrogen-bond donors (Lipinski definition) is 0. The molecule has 8 aromatic rings. The van der Waals surface area contributed by atoms with Gasteiger partial charge in [-0.2, -0.15) is 5.10 Å². The smallest absolute Gasteiger partial charge is 0.164 e. The highest BCUT2D eigenvalue weighted by Gasteiger charge is 2.36. The maximum absolute atomic E-state index is 5.15. The Morgan fingerprint density at radius 3 is 1.65 bits per heavy atom. The zero-order valence-corrected chi connectivity index (χ0v) is 26.5. The average molecular weight is 619 g/mol. The van der Waals surface area contributed by atoms with Gasteiger partial charge in [-0.25, -0.2) is 19.6 Å². The summed E-state index contributed by atoms with van der Waals surface area (Å²) in [6, 6.07) is 46.0. The van der Waals surface area contributed by atoms with Crippen LogP contribution in [0.15, 0.2) is 146 Å². The lowest BCUT2D eigenvalue weighted by Gasteiger charge is -2.21. The molecule has 5 aromatic carbocycles. The minimum atomic E-state index is -0.163. The molecule has 1 aliphatic rings. The lowest BCUT2D eigenvalue weighted by Crippen LogP contribution is -2.14. The summed E-state index contributed by atoms with van der Waals surface area (Å²) in [5.74, 6) is 1.95. The van der Waals surface area contributed by atoms with Gasteiger partial charge in [0.2, 0.25) is 0 Å². The molecule has 0 bridgehead atoms. The largest absolute Gasteiger partial charge is 0.265 e. The van der Waals surface area contributed by atoms with E-state index in [1.54, 1.807) is 12.4 Å². The van der Waals surface area contributed by atoms with Gasteiger partial charge in [0.05, 0.1) is 11.2 Å². The van der Waals surface area contributed by atoms with Gasteiger partial charge in [-0.1, -0.05) is 117 Å². The zero-order chi connectivity index (χ0) is 32.2. The minimum Gasteiger partial charge on any atom is -0.265 e. The number of aromatic nitrogens is 6. The number of hydrogen-bond acceptors (Lipinski definition) is 5. The Morgan fingerprint density at radius 1 is 0.500 bits per heavy atom. The monoisotopic (exact) mass is 618 g/mol. The van der Waals surface area contributed by atoms with Gasteiger partial charge in [0.25, 0.3) is 0 Å². The third kappa shape index (κ3) is 4.53. The van der Waals surface area contributed by atoms with Crippen LogP contribution in [-0.4, -0.2) is 29.7 Å². The second kappa shape index (κ2) is 10.9. The molecule has 6 heteroatoms. The normalized spacial score (nSPS) is 13.0. The van der Waals surface area contributed by atoms with E-state index in [9.17, 15) is 0 Å². The topological polar surface area (TPSA) is 69.4 Å². The highest BCUT2D eigenvalue weighted by molar-refractivity contribution is 5.96. The molecule has 0 fully saturated rings. The summed E-state index contributed by atoms with van der Waals surface area (Å²) in [4.78, 5) is 19.1.